The first kappa shape index (κ1) is 19.9. The van der Waals surface area contributed by atoms with E-state index in [2.05, 4.69) is 9.82 Å². The summed E-state index contributed by atoms with van der Waals surface area (Å²) in [7, 11) is -2.23. The van der Waals surface area contributed by atoms with E-state index >= 15 is 0 Å². The highest BCUT2D eigenvalue weighted by molar-refractivity contribution is 7.92. The molecule has 0 aliphatic heterocycles. The molecule has 1 N–H and O–H groups in total. The van der Waals surface area contributed by atoms with Crippen LogP contribution in [0, 0.1) is 0 Å². The summed E-state index contributed by atoms with van der Waals surface area (Å²) in [4.78, 5) is 0.187. The van der Waals surface area contributed by atoms with Crippen LogP contribution in [0.5, 0.6) is 5.75 Å². The average molecular weight is 400 g/mol. The first-order valence-electron chi connectivity index (χ1n) is 8.98. The fourth-order valence-corrected chi connectivity index (χ4v) is 4.26. The molecular formula is C21H25N3O3S. The topological polar surface area (TPSA) is 73.2 Å². The van der Waals surface area contributed by atoms with Crippen molar-refractivity contribution in [2.45, 2.75) is 37.6 Å². The maximum absolute atomic E-state index is 13.1. The van der Waals surface area contributed by atoms with Gasteiger partial charge < -0.3 is 4.74 Å². The van der Waals surface area contributed by atoms with Crippen LogP contribution < -0.4 is 9.46 Å². The lowest BCUT2D eigenvalue weighted by Crippen LogP contribution is -2.20. The predicted octanol–water partition coefficient (Wildman–Crippen LogP) is 4.04. The van der Waals surface area contributed by atoms with Gasteiger partial charge in [-0.15, -0.1) is 0 Å². The summed E-state index contributed by atoms with van der Waals surface area (Å²) in [6.07, 6.45) is 1.60. The number of methoxy groups -OCH3 is 1. The maximum Gasteiger partial charge on any atom is 0.265 e. The van der Waals surface area contributed by atoms with E-state index in [0.717, 1.165) is 5.56 Å². The zero-order valence-electron chi connectivity index (χ0n) is 16.5. The maximum atomic E-state index is 13.1. The molecule has 148 valence electrons. The smallest absolute Gasteiger partial charge is 0.265 e. The summed E-state index contributed by atoms with van der Waals surface area (Å²) in [5.74, 6) is 0.661. The molecule has 6 nitrogen and oxygen atoms in total. The lowest BCUT2D eigenvalue weighted by atomic mass is 9.92. The van der Waals surface area contributed by atoms with Gasteiger partial charge in [-0.2, -0.15) is 5.10 Å². The Balaban J connectivity index is 1.95. The molecule has 0 atom stereocenters. The number of anilines is 1. The van der Waals surface area contributed by atoms with Gasteiger partial charge in [-0.05, 0) is 29.8 Å². The van der Waals surface area contributed by atoms with Gasteiger partial charge in [0.2, 0.25) is 0 Å². The number of hydrogen-bond donors (Lipinski definition) is 1. The molecule has 0 fully saturated rings. The standard InChI is InChI=1S/C21H25N3O3S/c1-21(2,3)20-19(15-24(22-20)14-16-8-6-5-7-9-16)28(25,26)23-17-10-12-18(27-4)13-11-17/h5-13,15,23H,14H2,1-4H3. The van der Waals surface area contributed by atoms with Gasteiger partial charge in [-0.1, -0.05) is 51.1 Å². The highest BCUT2D eigenvalue weighted by atomic mass is 32.2. The van der Waals surface area contributed by atoms with Gasteiger partial charge in [-0.25, -0.2) is 8.42 Å². The molecule has 0 spiro atoms. The molecule has 0 radical (unpaired) electrons. The Morgan fingerprint density at radius 3 is 2.25 bits per heavy atom. The minimum Gasteiger partial charge on any atom is -0.497 e. The highest BCUT2D eigenvalue weighted by Gasteiger charge is 2.30. The lowest BCUT2D eigenvalue weighted by molar-refractivity contribution is 0.415. The Morgan fingerprint density at radius 1 is 1.04 bits per heavy atom. The Labute approximate surface area is 166 Å². The second kappa shape index (κ2) is 7.67. The third kappa shape index (κ3) is 4.54. The van der Waals surface area contributed by atoms with E-state index in [1.165, 1.54) is 0 Å². The summed E-state index contributed by atoms with van der Waals surface area (Å²) in [6.45, 7) is 6.36. The molecule has 7 heteroatoms. The van der Waals surface area contributed by atoms with E-state index in [0.29, 0.717) is 23.7 Å². The van der Waals surface area contributed by atoms with Crippen molar-refractivity contribution in [3.05, 3.63) is 72.1 Å². The van der Waals surface area contributed by atoms with Crippen LogP contribution >= 0.6 is 0 Å². The van der Waals surface area contributed by atoms with E-state index < -0.39 is 15.4 Å². The minimum absolute atomic E-state index is 0.187. The van der Waals surface area contributed by atoms with E-state index in [4.69, 9.17) is 4.74 Å². The van der Waals surface area contributed by atoms with Crippen molar-refractivity contribution >= 4 is 15.7 Å². The summed E-state index contributed by atoms with van der Waals surface area (Å²) in [5.41, 5.74) is 1.63. The summed E-state index contributed by atoms with van der Waals surface area (Å²) in [5, 5.41) is 4.59. The SMILES string of the molecule is COc1ccc(NS(=O)(=O)c2cn(Cc3ccccc3)nc2C(C)(C)C)cc1. The molecule has 0 aliphatic carbocycles. The number of rotatable bonds is 6. The molecule has 1 heterocycles. The molecule has 2 aromatic carbocycles. The van der Waals surface area contributed by atoms with Crippen LogP contribution in [0.4, 0.5) is 5.69 Å². The number of benzene rings is 2. The summed E-state index contributed by atoms with van der Waals surface area (Å²) in [6, 6.07) is 16.6. The van der Waals surface area contributed by atoms with Crippen LogP contribution in [0.15, 0.2) is 65.7 Å². The van der Waals surface area contributed by atoms with Crippen molar-refractivity contribution in [1.29, 1.82) is 0 Å². The second-order valence-electron chi connectivity index (χ2n) is 7.61. The van der Waals surface area contributed by atoms with Crippen molar-refractivity contribution in [2.75, 3.05) is 11.8 Å². The van der Waals surface area contributed by atoms with Gasteiger partial charge in [0, 0.05) is 17.3 Å². The first-order valence-corrected chi connectivity index (χ1v) is 10.5. The molecule has 28 heavy (non-hydrogen) atoms. The molecule has 0 unspecified atom stereocenters. The molecule has 0 saturated heterocycles. The van der Waals surface area contributed by atoms with Gasteiger partial charge in [0.1, 0.15) is 10.6 Å². The average Bonchev–Trinajstić information content (AvgIpc) is 3.08. The number of hydrogen-bond acceptors (Lipinski definition) is 4. The second-order valence-corrected chi connectivity index (χ2v) is 9.26. The predicted molar refractivity (Wildman–Crippen MR) is 110 cm³/mol. The van der Waals surface area contributed by atoms with E-state index in [-0.39, 0.29) is 4.90 Å². The van der Waals surface area contributed by atoms with Crippen molar-refractivity contribution in [1.82, 2.24) is 9.78 Å². The van der Waals surface area contributed by atoms with Gasteiger partial charge in [0.25, 0.3) is 10.0 Å². The van der Waals surface area contributed by atoms with Crippen LogP contribution in [0.1, 0.15) is 32.0 Å². The number of aromatic nitrogens is 2. The Hall–Kier alpha value is -2.80. The number of ether oxygens (including phenoxy) is 1. The zero-order valence-corrected chi connectivity index (χ0v) is 17.3. The minimum atomic E-state index is -3.79. The van der Waals surface area contributed by atoms with Gasteiger partial charge in [-0.3, -0.25) is 9.40 Å². The van der Waals surface area contributed by atoms with E-state index in [9.17, 15) is 8.42 Å². The van der Waals surface area contributed by atoms with E-state index in [1.807, 2.05) is 51.1 Å². The zero-order chi connectivity index (χ0) is 20.4. The summed E-state index contributed by atoms with van der Waals surface area (Å²) >= 11 is 0. The van der Waals surface area contributed by atoms with Crippen molar-refractivity contribution < 1.29 is 13.2 Å². The Kier molecular flexibility index (Phi) is 5.47. The normalized spacial score (nSPS) is 12.0. The van der Waals surface area contributed by atoms with Crippen LogP contribution in [0.3, 0.4) is 0 Å². The molecule has 3 aromatic rings. The largest absolute Gasteiger partial charge is 0.497 e. The van der Waals surface area contributed by atoms with Gasteiger partial charge in [0.05, 0.1) is 19.3 Å². The van der Waals surface area contributed by atoms with E-state index in [1.54, 1.807) is 42.3 Å². The van der Waals surface area contributed by atoms with Crippen molar-refractivity contribution in [3.63, 3.8) is 0 Å². The third-order valence-electron chi connectivity index (χ3n) is 4.26. The highest BCUT2D eigenvalue weighted by Crippen LogP contribution is 2.29. The van der Waals surface area contributed by atoms with Gasteiger partial charge >= 0.3 is 0 Å². The molecular weight excluding hydrogens is 374 g/mol. The Morgan fingerprint density at radius 2 is 1.68 bits per heavy atom. The van der Waals surface area contributed by atoms with Gasteiger partial charge in [0.15, 0.2) is 0 Å². The van der Waals surface area contributed by atoms with Crippen LogP contribution in [0.2, 0.25) is 0 Å². The number of sulfonamides is 1. The van der Waals surface area contributed by atoms with Crippen LogP contribution in [-0.2, 0) is 22.0 Å². The molecule has 0 bridgehead atoms. The summed E-state index contributed by atoms with van der Waals surface area (Å²) < 4.78 is 35.6. The molecule has 1 aromatic heterocycles. The fraction of sp³-hybridized carbons (Fsp3) is 0.286. The Bertz CT molecular complexity index is 1030. The number of nitrogens with zero attached hydrogens (tertiary/aromatic N) is 2. The lowest BCUT2D eigenvalue weighted by Gasteiger charge is -2.18. The molecule has 0 saturated carbocycles. The quantitative estimate of drug-likeness (QED) is 0.679. The van der Waals surface area contributed by atoms with Crippen molar-refractivity contribution in [3.8, 4) is 5.75 Å². The molecule has 0 amide bonds. The first-order chi connectivity index (χ1) is 13.2. The van der Waals surface area contributed by atoms with Crippen LogP contribution in [-0.4, -0.2) is 25.3 Å². The number of nitrogens with one attached hydrogen (secondary N) is 1. The molecule has 3 rings (SSSR count). The fourth-order valence-electron chi connectivity index (χ4n) is 2.84. The van der Waals surface area contributed by atoms with Crippen molar-refractivity contribution in [2.24, 2.45) is 0 Å². The van der Waals surface area contributed by atoms with Crippen LogP contribution in [0.25, 0.3) is 0 Å². The molecule has 0 aliphatic rings. The third-order valence-corrected chi connectivity index (χ3v) is 5.64. The monoisotopic (exact) mass is 399 g/mol.